The summed E-state index contributed by atoms with van der Waals surface area (Å²) in [6, 6.07) is 9.19. The number of hydrogen-bond acceptors (Lipinski definition) is 0. The number of aryl methyl sites for hydroxylation is 1. The lowest BCUT2D eigenvalue weighted by molar-refractivity contribution is 0.125. The molecule has 3 atom stereocenters. The zero-order valence-electron chi connectivity index (χ0n) is 14.7. The lowest BCUT2D eigenvalue weighted by Gasteiger charge is -2.40. The average molecular weight is 299 g/mol. The Labute approximate surface area is 137 Å². The van der Waals surface area contributed by atoms with Crippen molar-refractivity contribution in [3.05, 3.63) is 35.4 Å². The zero-order valence-corrected chi connectivity index (χ0v) is 14.7. The van der Waals surface area contributed by atoms with E-state index >= 15 is 0 Å². The standard InChI is InChI=1S/C22H34/c1-3-9-22(17(2)18-10-5-4-6-11-18)21-15-14-19-12-7-8-13-20(19)16-21/h7-8,12-13,17-18,21-22H,3-6,9-11,14-16H2,1-2H3/t17-,21?,22+/m1/s1. The largest absolute Gasteiger partial charge is 0.0654 e. The number of hydrogen-bond donors (Lipinski definition) is 0. The monoisotopic (exact) mass is 298 g/mol. The molecule has 22 heavy (non-hydrogen) atoms. The van der Waals surface area contributed by atoms with Crippen LogP contribution in [0.5, 0.6) is 0 Å². The van der Waals surface area contributed by atoms with Gasteiger partial charge in [0.2, 0.25) is 0 Å². The van der Waals surface area contributed by atoms with Gasteiger partial charge in [-0.05, 0) is 54.1 Å². The highest BCUT2D eigenvalue weighted by Crippen LogP contribution is 2.42. The Morgan fingerprint density at radius 2 is 1.68 bits per heavy atom. The van der Waals surface area contributed by atoms with Gasteiger partial charge in [0.05, 0.1) is 0 Å². The van der Waals surface area contributed by atoms with Crippen molar-refractivity contribution in [3.63, 3.8) is 0 Å². The van der Waals surface area contributed by atoms with Crippen LogP contribution in [0.25, 0.3) is 0 Å². The molecule has 0 spiro atoms. The molecule has 1 aromatic carbocycles. The maximum atomic E-state index is 2.59. The summed E-state index contributed by atoms with van der Waals surface area (Å²) in [6.45, 7) is 4.98. The molecule has 0 bridgehead atoms. The molecule has 0 aromatic heterocycles. The zero-order chi connectivity index (χ0) is 15.4. The van der Waals surface area contributed by atoms with Crippen LogP contribution in [0.2, 0.25) is 0 Å². The summed E-state index contributed by atoms with van der Waals surface area (Å²) < 4.78 is 0. The van der Waals surface area contributed by atoms with E-state index in [0.29, 0.717) is 0 Å². The fourth-order valence-corrected chi connectivity index (χ4v) is 5.36. The minimum atomic E-state index is 0.937. The Morgan fingerprint density at radius 3 is 2.41 bits per heavy atom. The predicted octanol–water partition coefficient (Wildman–Crippen LogP) is 6.42. The fraction of sp³-hybridized carbons (Fsp3) is 0.727. The highest BCUT2D eigenvalue weighted by molar-refractivity contribution is 5.29. The first-order valence-corrected chi connectivity index (χ1v) is 9.86. The van der Waals surface area contributed by atoms with Gasteiger partial charge in [-0.25, -0.2) is 0 Å². The molecule has 0 heterocycles. The summed E-state index contributed by atoms with van der Waals surface area (Å²) in [7, 11) is 0. The Balaban J connectivity index is 1.71. The SMILES string of the molecule is CCC[C@H](C1CCc2ccccc2C1)[C@H](C)C1CCCCC1. The fourth-order valence-electron chi connectivity index (χ4n) is 5.36. The molecule has 0 aliphatic heterocycles. The van der Waals surface area contributed by atoms with E-state index in [4.69, 9.17) is 0 Å². The van der Waals surface area contributed by atoms with Crippen LogP contribution < -0.4 is 0 Å². The van der Waals surface area contributed by atoms with E-state index in [1.165, 1.54) is 64.2 Å². The summed E-state index contributed by atoms with van der Waals surface area (Å²) in [6.07, 6.45) is 14.4. The van der Waals surface area contributed by atoms with E-state index in [0.717, 1.165) is 23.7 Å². The van der Waals surface area contributed by atoms with Gasteiger partial charge in [-0.15, -0.1) is 0 Å². The van der Waals surface area contributed by atoms with Crippen molar-refractivity contribution in [1.29, 1.82) is 0 Å². The number of rotatable bonds is 5. The number of benzene rings is 1. The van der Waals surface area contributed by atoms with Crippen LogP contribution in [0.3, 0.4) is 0 Å². The molecule has 0 N–H and O–H groups in total. The van der Waals surface area contributed by atoms with Crippen LogP contribution in [0.4, 0.5) is 0 Å². The highest BCUT2D eigenvalue weighted by atomic mass is 14.4. The third-order valence-electron chi connectivity index (χ3n) is 6.68. The molecule has 0 amide bonds. The van der Waals surface area contributed by atoms with E-state index in [1.807, 2.05) is 0 Å². The molecule has 0 heteroatoms. The van der Waals surface area contributed by atoms with Crippen molar-refractivity contribution in [2.75, 3.05) is 0 Å². The topological polar surface area (TPSA) is 0 Å². The molecule has 1 aromatic rings. The molecular formula is C22H34. The summed E-state index contributed by atoms with van der Waals surface area (Å²) in [4.78, 5) is 0. The summed E-state index contributed by atoms with van der Waals surface area (Å²) in [5.41, 5.74) is 3.27. The quantitative estimate of drug-likeness (QED) is 0.588. The van der Waals surface area contributed by atoms with Crippen LogP contribution in [-0.2, 0) is 12.8 Å². The minimum Gasteiger partial charge on any atom is -0.0654 e. The molecule has 122 valence electrons. The van der Waals surface area contributed by atoms with E-state index in [2.05, 4.69) is 38.1 Å². The van der Waals surface area contributed by atoms with Gasteiger partial charge in [0, 0.05) is 0 Å². The van der Waals surface area contributed by atoms with Gasteiger partial charge < -0.3 is 0 Å². The van der Waals surface area contributed by atoms with Gasteiger partial charge in [-0.2, -0.15) is 0 Å². The summed E-state index contributed by atoms with van der Waals surface area (Å²) in [5.74, 6) is 3.85. The Bertz CT molecular complexity index is 455. The molecule has 3 rings (SSSR count). The molecule has 0 saturated heterocycles. The van der Waals surface area contributed by atoms with Gasteiger partial charge in [0.15, 0.2) is 0 Å². The van der Waals surface area contributed by atoms with E-state index < -0.39 is 0 Å². The second kappa shape index (κ2) is 7.66. The van der Waals surface area contributed by atoms with E-state index in [1.54, 1.807) is 11.1 Å². The maximum absolute atomic E-state index is 2.59. The summed E-state index contributed by atoms with van der Waals surface area (Å²) >= 11 is 0. The van der Waals surface area contributed by atoms with Crippen molar-refractivity contribution >= 4 is 0 Å². The van der Waals surface area contributed by atoms with E-state index in [-0.39, 0.29) is 0 Å². The molecule has 1 saturated carbocycles. The lowest BCUT2D eigenvalue weighted by atomic mass is 9.66. The predicted molar refractivity (Wildman–Crippen MR) is 96.1 cm³/mol. The first-order valence-electron chi connectivity index (χ1n) is 9.86. The third kappa shape index (κ3) is 3.58. The van der Waals surface area contributed by atoms with Gasteiger partial charge in [0.25, 0.3) is 0 Å². The van der Waals surface area contributed by atoms with Crippen molar-refractivity contribution in [1.82, 2.24) is 0 Å². The van der Waals surface area contributed by atoms with Gasteiger partial charge >= 0.3 is 0 Å². The van der Waals surface area contributed by atoms with Crippen molar-refractivity contribution in [3.8, 4) is 0 Å². The lowest BCUT2D eigenvalue weighted by Crippen LogP contribution is -2.32. The van der Waals surface area contributed by atoms with E-state index in [9.17, 15) is 0 Å². The van der Waals surface area contributed by atoms with Crippen LogP contribution in [0.15, 0.2) is 24.3 Å². The van der Waals surface area contributed by atoms with Gasteiger partial charge in [-0.3, -0.25) is 0 Å². The second-order valence-corrected chi connectivity index (χ2v) is 7.98. The van der Waals surface area contributed by atoms with Crippen LogP contribution in [-0.4, -0.2) is 0 Å². The van der Waals surface area contributed by atoms with Gasteiger partial charge in [-0.1, -0.05) is 83.1 Å². The first kappa shape index (κ1) is 16.1. The smallest absolute Gasteiger partial charge is 0.0245 e. The Hall–Kier alpha value is -0.780. The Morgan fingerprint density at radius 1 is 0.955 bits per heavy atom. The minimum absolute atomic E-state index is 0.937. The normalized spacial score (nSPS) is 25.5. The second-order valence-electron chi connectivity index (χ2n) is 7.98. The molecule has 1 unspecified atom stereocenters. The highest BCUT2D eigenvalue weighted by Gasteiger charge is 2.33. The van der Waals surface area contributed by atoms with Crippen molar-refractivity contribution in [2.24, 2.45) is 23.7 Å². The molecule has 0 nitrogen and oxygen atoms in total. The molecule has 2 aliphatic rings. The number of fused-ring (bicyclic) bond motifs is 1. The Kier molecular flexibility index (Phi) is 5.61. The van der Waals surface area contributed by atoms with Crippen molar-refractivity contribution < 1.29 is 0 Å². The summed E-state index contributed by atoms with van der Waals surface area (Å²) in [5, 5.41) is 0. The van der Waals surface area contributed by atoms with Crippen LogP contribution >= 0.6 is 0 Å². The maximum Gasteiger partial charge on any atom is -0.0245 e. The third-order valence-corrected chi connectivity index (χ3v) is 6.68. The van der Waals surface area contributed by atoms with Crippen LogP contribution in [0, 0.1) is 23.7 Å². The molecule has 2 aliphatic carbocycles. The molecule has 0 radical (unpaired) electrons. The average Bonchev–Trinajstić information content (AvgIpc) is 2.59. The first-order chi connectivity index (χ1) is 10.8. The molecular weight excluding hydrogens is 264 g/mol. The van der Waals surface area contributed by atoms with Crippen LogP contribution in [0.1, 0.15) is 76.3 Å². The van der Waals surface area contributed by atoms with Crippen molar-refractivity contribution in [2.45, 2.75) is 78.1 Å². The molecule has 1 fully saturated rings. The van der Waals surface area contributed by atoms with Gasteiger partial charge in [0.1, 0.15) is 0 Å².